The van der Waals surface area contributed by atoms with Crippen LogP contribution in [0.1, 0.15) is 29.6 Å². The van der Waals surface area contributed by atoms with Crippen LogP contribution in [-0.2, 0) is 4.79 Å². The number of ether oxygens (including phenoxy) is 1. The molecule has 1 aliphatic carbocycles. The summed E-state index contributed by atoms with van der Waals surface area (Å²) in [5.74, 6) is -1.67. The van der Waals surface area contributed by atoms with Gasteiger partial charge in [-0.05, 0) is 25.0 Å². The zero-order valence-corrected chi connectivity index (χ0v) is 14.4. The molecule has 0 spiro atoms. The number of aromatic nitrogens is 3. The molecule has 2 heterocycles. The summed E-state index contributed by atoms with van der Waals surface area (Å²) in [6.45, 7) is -0.527. The first kappa shape index (κ1) is 19.2. The topological polar surface area (TPSA) is 94.3 Å². The van der Waals surface area contributed by atoms with Crippen LogP contribution in [0.3, 0.4) is 0 Å². The van der Waals surface area contributed by atoms with E-state index in [1.165, 1.54) is 29.1 Å². The first-order valence-electron chi connectivity index (χ1n) is 7.78. The standard InChI is InChI=1S/C16H13ClF3N3O4/c17-13-10(14(25)26)1-2-11(21-13)23-6-3-12(22-23)27-8-9(24)7-15(4-5-15)16(18,19)20/h1-3,6H,4-5,7-8H2,(H,25,26). The second kappa shape index (κ2) is 6.84. The molecule has 0 atom stereocenters. The molecule has 2 aromatic rings. The van der Waals surface area contributed by atoms with Crippen LogP contribution in [0.2, 0.25) is 5.15 Å². The normalized spacial score (nSPS) is 15.4. The number of pyridine rings is 1. The molecule has 1 fully saturated rings. The number of carboxylic acids is 1. The second-order valence-corrected chi connectivity index (χ2v) is 6.55. The van der Waals surface area contributed by atoms with E-state index in [4.69, 9.17) is 21.4 Å². The third kappa shape index (κ3) is 4.05. The SMILES string of the molecule is O=C(COc1ccn(-c2ccc(C(=O)O)c(Cl)n2)n1)CC1(C(F)(F)F)CC1. The van der Waals surface area contributed by atoms with Gasteiger partial charge in [-0.1, -0.05) is 11.6 Å². The molecule has 0 bridgehead atoms. The largest absolute Gasteiger partial charge is 0.478 e. The van der Waals surface area contributed by atoms with Gasteiger partial charge in [0.15, 0.2) is 11.6 Å². The van der Waals surface area contributed by atoms with Crippen molar-refractivity contribution in [3.05, 3.63) is 35.1 Å². The molecule has 3 rings (SSSR count). The van der Waals surface area contributed by atoms with E-state index in [1.54, 1.807) is 0 Å². The van der Waals surface area contributed by atoms with Gasteiger partial charge in [-0.15, -0.1) is 5.10 Å². The zero-order chi connectivity index (χ0) is 19.8. The number of halogens is 4. The highest BCUT2D eigenvalue weighted by Crippen LogP contribution is 2.60. The average Bonchev–Trinajstić information content (AvgIpc) is 3.21. The number of rotatable bonds is 7. The van der Waals surface area contributed by atoms with Crippen molar-refractivity contribution in [2.75, 3.05) is 6.61 Å². The number of carbonyl (C=O) groups is 2. The lowest BCUT2D eigenvalue weighted by Crippen LogP contribution is -2.29. The van der Waals surface area contributed by atoms with Gasteiger partial charge in [-0.25, -0.2) is 14.5 Å². The first-order valence-corrected chi connectivity index (χ1v) is 8.16. The predicted octanol–water partition coefficient (Wildman–Crippen LogP) is 3.30. The Balaban J connectivity index is 1.61. The van der Waals surface area contributed by atoms with Gasteiger partial charge in [-0.3, -0.25) is 4.79 Å². The summed E-state index contributed by atoms with van der Waals surface area (Å²) in [6, 6.07) is 4.02. The second-order valence-electron chi connectivity index (χ2n) is 6.19. The number of alkyl halides is 3. The van der Waals surface area contributed by atoms with Crippen molar-refractivity contribution in [3.63, 3.8) is 0 Å². The minimum absolute atomic E-state index is 0.0143. The smallest absolute Gasteiger partial charge is 0.394 e. The van der Waals surface area contributed by atoms with Gasteiger partial charge in [0.05, 0.1) is 11.0 Å². The Morgan fingerprint density at radius 2 is 2.00 bits per heavy atom. The molecule has 27 heavy (non-hydrogen) atoms. The molecule has 11 heteroatoms. The van der Waals surface area contributed by atoms with Crippen LogP contribution in [0, 0.1) is 5.41 Å². The van der Waals surface area contributed by atoms with Crippen molar-refractivity contribution in [2.45, 2.75) is 25.4 Å². The van der Waals surface area contributed by atoms with Crippen molar-refractivity contribution in [3.8, 4) is 11.7 Å². The molecular formula is C16H13ClF3N3O4. The van der Waals surface area contributed by atoms with Crippen LogP contribution in [0.15, 0.2) is 24.4 Å². The van der Waals surface area contributed by atoms with Crippen LogP contribution >= 0.6 is 11.6 Å². The van der Waals surface area contributed by atoms with Gasteiger partial charge in [0.1, 0.15) is 11.8 Å². The van der Waals surface area contributed by atoms with E-state index in [-0.39, 0.29) is 35.3 Å². The maximum Gasteiger partial charge on any atom is 0.394 e. The minimum Gasteiger partial charge on any atom is -0.478 e. The van der Waals surface area contributed by atoms with Crippen LogP contribution < -0.4 is 4.74 Å². The van der Waals surface area contributed by atoms with Gasteiger partial charge < -0.3 is 9.84 Å². The zero-order valence-electron chi connectivity index (χ0n) is 13.7. The molecule has 2 aromatic heterocycles. The van der Waals surface area contributed by atoms with Crippen LogP contribution in [-0.4, -0.2) is 44.4 Å². The number of hydrogen-bond acceptors (Lipinski definition) is 5. The first-order chi connectivity index (χ1) is 12.6. The van der Waals surface area contributed by atoms with E-state index in [2.05, 4.69) is 10.1 Å². The summed E-state index contributed by atoms with van der Waals surface area (Å²) < 4.78 is 45.0. The maximum absolute atomic E-state index is 12.9. The molecule has 1 N–H and O–H groups in total. The van der Waals surface area contributed by atoms with Gasteiger partial charge in [0, 0.05) is 18.7 Å². The molecule has 0 saturated heterocycles. The Hall–Kier alpha value is -2.62. The Labute approximate surface area is 155 Å². The van der Waals surface area contributed by atoms with Crippen molar-refractivity contribution in [1.82, 2.24) is 14.8 Å². The third-order valence-corrected chi connectivity index (χ3v) is 4.52. The van der Waals surface area contributed by atoms with E-state index in [1.807, 2.05) is 0 Å². The summed E-state index contributed by atoms with van der Waals surface area (Å²) in [4.78, 5) is 26.6. The lowest BCUT2D eigenvalue weighted by Gasteiger charge is -2.17. The molecule has 0 aliphatic heterocycles. The fourth-order valence-electron chi connectivity index (χ4n) is 2.52. The van der Waals surface area contributed by atoms with Crippen molar-refractivity contribution in [2.24, 2.45) is 5.41 Å². The molecule has 1 saturated carbocycles. The third-order valence-electron chi connectivity index (χ3n) is 4.24. The number of carboxylic acid groups (broad SMARTS) is 1. The van der Waals surface area contributed by atoms with Gasteiger partial charge in [-0.2, -0.15) is 13.2 Å². The van der Waals surface area contributed by atoms with Crippen molar-refractivity contribution in [1.29, 1.82) is 0 Å². The van der Waals surface area contributed by atoms with Crippen molar-refractivity contribution >= 4 is 23.4 Å². The quantitative estimate of drug-likeness (QED) is 0.713. The molecule has 1 aliphatic rings. The fraction of sp³-hybridized carbons (Fsp3) is 0.375. The molecule has 0 unspecified atom stereocenters. The van der Waals surface area contributed by atoms with Gasteiger partial charge in [0.2, 0.25) is 5.88 Å². The highest BCUT2D eigenvalue weighted by atomic mass is 35.5. The number of hydrogen-bond donors (Lipinski definition) is 1. The van der Waals surface area contributed by atoms with Gasteiger partial charge in [0.25, 0.3) is 0 Å². The minimum atomic E-state index is -4.39. The molecular weight excluding hydrogens is 391 g/mol. The number of carbonyl (C=O) groups excluding carboxylic acids is 1. The number of aromatic carboxylic acids is 1. The molecule has 144 valence electrons. The fourth-order valence-corrected chi connectivity index (χ4v) is 2.75. The molecule has 7 nitrogen and oxygen atoms in total. The summed E-state index contributed by atoms with van der Waals surface area (Å²) in [7, 11) is 0. The molecule has 0 aromatic carbocycles. The monoisotopic (exact) mass is 403 g/mol. The van der Waals surface area contributed by atoms with Crippen LogP contribution in [0.4, 0.5) is 13.2 Å². The highest BCUT2D eigenvalue weighted by molar-refractivity contribution is 6.32. The van der Waals surface area contributed by atoms with Crippen molar-refractivity contribution < 1.29 is 32.6 Å². The summed E-state index contributed by atoms with van der Waals surface area (Å²) >= 11 is 5.79. The van der Waals surface area contributed by atoms with E-state index in [0.29, 0.717) is 0 Å². The Kier molecular flexibility index (Phi) is 4.85. The average molecular weight is 404 g/mol. The maximum atomic E-state index is 12.9. The van der Waals surface area contributed by atoms with Crippen LogP contribution in [0.25, 0.3) is 5.82 Å². The lowest BCUT2D eigenvalue weighted by atomic mass is 9.99. The number of Topliss-reactive ketones (excluding diaryl/α,β-unsaturated/α-hetero) is 1. The summed E-state index contributed by atoms with van der Waals surface area (Å²) in [6.07, 6.45) is -3.66. The van der Waals surface area contributed by atoms with Gasteiger partial charge >= 0.3 is 12.1 Å². The predicted molar refractivity (Wildman–Crippen MR) is 86.2 cm³/mol. The Morgan fingerprint density at radius 1 is 1.30 bits per heavy atom. The number of ketones is 1. The molecule has 0 radical (unpaired) electrons. The highest BCUT2D eigenvalue weighted by Gasteiger charge is 2.63. The van der Waals surface area contributed by atoms with E-state index in [0.717, 1.165) is 0 Å². The Morgan fingerprint density at radius 3 is 2.56 bits per heavy atom. The molecule has 0 amide bonds. The summed E-state index contributed by atoms with van der Waals surface area (Å²) in [5.41, 5.74) is -2.08. The number of nitrogens with zero attached hydrogens (tertiary/aromatic N) is 3. The van der Waals surface area contributed by atoms with E-state index < -0.39 is 36.4 Å². The lowest BCUT2D eigenvalue weighted by molar-refractivity contribution is -0.190. The Bertz CT molecular complexity index is 893. The summed E-state index contributed by atoms with van der Waals surface area (Å²) in [5, 5.41) is 12.7. The van der Waals surface area contributed by atoms with E-state index >= 15 is 0 Å². The van der Waals surface area contributed by atoms with Crippen LogP contribution in [0.5, 0.6) is 5.88 Å². The van der Waals surface area contributed by atoms with E-state index in [9.17, 15) is 22.8 Å².